The van der Waals surface area contributed by atoms with E-state index in [2.05, 4.69) is 10.3 Å². The Morgan fingerprint density at radius 2 is 1.31 bits per heavy atom. The number of carbonyl (C=O) groups is 1. The molecule has 0 unspecified atom stereocenters. The summed E-state index contributed by atoms with van der Waals surface area (Å²) >= 11 is 0.995. The second-order valence-electron chi connectivity index (χ2n) is 7.21. The highest BCUT2D eigenvalue weighted by Crippen LogP contribution is 2.40. The molecule has 1 aromatic heterocycles. The zero-order chi connectivity index (χ0) is 26.0. The minimum Gasteiger partial charge on any atom is -0.298 e. The number of nitrogens with zero attached hydrogens (tertiary/aromatic N) is 4. The number of aromatic nitrogens is 1. The summed E-state index contributed by atoms with van der Waals surface area (Å²) in [5.74, 6) is -1.36. The van der Waals surface area contributed by atoms with Crippen LogP contribution >= 0.6 is 11.3 Å². The van der Waals surface area contributed by atoms with Crippen LogP contribution < -0.4 is 5.32 Å². The van der Waals surface area contributed by atoms with E-state index in [0.717, 1.165) is 29.5 Å². The third kappa shape index (κ3) is 5.02. The Kier molecular flexibility index (Phi) is 6.43. The summed E-state index contributed by atoms with van der Waals surface area (Å²) < 4.78 is 13.5. The van der Waals surface area contributed by atoms with Gasteiger partial charge in [0.1, 0.15) is 5.82 Å². The first-order chi connectivity index (χ1) is 17.1. The van der Waals surface area contributed by atoms with Crippen LogP contribution in [0.3, 0.4) is 0 Å². The van der Waals surface area contributed by atoms with Crippen LogP contribution in [0.2, 0.25) is 0 Å². The molecule has 1 N–H and O–H groups in total. The van der Waals surface area contributed by atoms with Crippen molar-refractivity contribution in [3.63, 3.8) is 0 Å². The first-order valence-corrected chi connectivity index (χ1v) is 10.7. The van der Waals surface area contributed by atoms with Crippen LogP contribution in [-0.4, -0.2) is 25.7 Å². The fourth-order valence-electron chi connectivity index (χ4n) is 3.21. The summed E-state index contributed by atoms with van der Waals surface area (Å²) in [4.78, 5) is 48.7. The molecular formula is C22H12FN5O7S. The van der Waals surface area contributed by atoms with Crippen molar-refractivity contribution in [1.29, 1.82) is 0 Å². The molecule has 0 saturated heterocycles. The van der Waals surface area contributed by atoms with Crippen LogP contribution in [0.4, 0.5) is 26.6 Å². The average molecular weight is 509 g/mol. The highest BCUT2D eigenvalue weighted by atomic mass is 32.1. The normalized spacial score (nSPS) is 10.6. The number of amides is 1. The van der Waals surface area contributed by atoms with E-state index in [1.54, 1.807) is 0 Å². The van der Waals surface area contributed by atoms with Gasteiger partial charge in [-0.2, -0.15) is 0 Å². The Morgan fingerprint density at radius 3 is 1.83 bits per heavy atom. The van der Waals surface area contributed by atoms with Crippen molar-refractivity contribution in [2.75, 3.05) is 5.32 Å². The standard InChI is InChI=1S/C22H12FN5O7S/c23-15-5-1-12(2-6-15)19-20(13-3-7-16(8-4-13)26(30)31)36-22(24-19)25-21(29)14-9-17(27(32)33)11-18(10-14)28(34)35/h1-11H,(H,24,25,29). The number of benzene rings is 3. The summed E-state index contributed by atoms with van der Waals surface area (Å²) in [6, 6.07) is 13.5. The lowest BCUT2D eigenvalue weighted by Gasteiger charge is -2.03. The van der Waals surface area contributed by atoms with Crippen LogP contribution in [0, 0.1) is 36.2 Å². The minimum absolute atomic E-state index is 0.0434. The number of thiazole rings is 1. The van der Waals surface area contributed by atoms with Gasteiger partial charge in [0.2, 0.25) is 0 Å². The van der Waals surface area contributed by atoms with Gasteiger partial charge < -0.3 is 0 Å². The largest absolute Gasteiger partial charge is 0.298 e. The maximum absolute atomic E-state index is 13.5. The zero-order valence-electron chi connectivity index (χ0n) is 17.8. The molecule has 3 aromatic carbocycles. The van der Waals surface area contributed by atoms with Crippen LogP contribution in [0.1, 0.15) is 10.4 Å². The van der Waals surface area contributed by atoms with E-state index < -0.39 is 37.9 Å². The van der Waals surface area contributed by atoms with Gasteiger partial charge in [0.25, 0.3) is 23.0 Å². The molecule has 0 aliphatic rings. The molecule has 180 valence electrons. The minimum atomic E-state index is -0.878. The molecule has 1 heterocycles. The van der Waals surface area contributed by atoms with E-state index in [0.29, 0.717) is 21.7 Å². The number of non-ortho nitro benzene ring substituents is 3. The van der Waals surface area contributed by atoms with Crippen molar-refractivity contribution in [2.45, 2.75) is 0 Å². The number of nitro groups is 3. The van der Waals surface area contributed by atoms with Gasteiger partial charge >= 0.3 is 0 Å². The summed E-state index contributed by atoms with van der Waals surface area (Å²) in [6.45, 7) is 0. The number of nitro benzene ring substituents is 3. The molecule has 1 amide bonds. The summed E-state index contributed by atoms with van der Waals surface area (Å²) in [5.41, 5.74) is -0.358. The third-order valence-electron chi connectivity index (χ3n) is 4.89. The van der Waals surface area contributed by atoms with E-state index in [-0.39, 0.29) is 16.4 Å². The summed E-state index contributed by atoms with van der Waals surface area (Å²) in [6.07, 6.45) is 0. The molecule has 0 radical (unpaired) electrons. The van der Waals surface area contributed by atoms with Crippen LogP contribution in [0.15, 0.2) is 66.7 Å². The van der Waals surface area contributed by atoms with Crippen LogP contribution in [0.25, 0.3) is 21.7 Å². The molecule has 0 fully saturated rings. The lowest BCUT2D eigenvalue weighted by molar-refractivity contribution is -0.394. The average Bonchev–Trinajstić information content (AvgIpc) is 3.27. The number of hydrogen-bond acceptors (Lipinski definition) is 9. The zero-order valence-corrected chi connectivity index (χ0v) is 18.6. The first kappa shape index (κ1) is 24.0. The van der Waals surface area contributed by atoms with Gasteiger partial charge in [0, 0.05) is 29.8 Å². The Labute approximate surface area is 204 Å². The van der Waals surface area contributed by atoms with Gasteiger partial charge in [-0.1, -0.05) is 11.3 Å². The molecule has 0 bridgehead atoms. The van der Waals surface area contributed by atoms with Crippen molar-refractivity contribution < 1.29 is 24.0 Å². The second kappa shape index (κ2) is 9.63. The van der Waals surface area contributed by atoms with E-state index >= 15 is 0 Å². The maximum Gasteiger partial charge on any atom is 0.277 e. The second-order valence-corrected chi connectivity index (χ2v) is 8.21. The van der Waals surface area contributed by atoms with E-state index in [4.69, 9.17) is 0 Å². The van der Waals surface area contributed by atoms with Gasteiger partial charge in [-0.3, -0.25) is 40.5 Å². The van der Waals surface area contributed by atoms with Gasteiger partial charge in [-0.15, -0.1) is 0 Å². The number of carbonyl (C=O) groups excluding carboxylic acids is 1. The fraction of sp³-hybridized carbons (Fsp3) is 0. The quantitative estimate of drug-likeness (QED) is 0.248. The Morgan fingerprint density at radius 1 is 0.778 bits per heavy atom. The fourth-order valence-corrected chi connectivity index (χ4v) is 4.20. The van der Waals surface area contributed by atoms with Gasteiger partial charge in [-0.05, 0) is 42.0 Å². The van der Waals surface area contributed by atoms with Gasteiger partial charge in [-0.25, -0.2) is 9.37 Å². The lowest BCUT2D eigenvalue weighted by atomic mass is 10.1. The SMILES string of the molecule is O=C(Nc1nc(-c2ccc(F)cc2)c(-c2ccc([N+](=O)[O-])cc2)s1)c1cc([N+](=O)[O-])cc([N+](=O)[O-])c1. The van der Waals surface area contributed by atoms with E-state index in [9.17, 15) is 39.5 Å². The van der Waals surface area contributed by atoms with E-state index in [1.807, 2.05) is 0 Å². The molecule has 36 heavy (non-hydrogen) atoms. The number of hydrogen-bond donors (Lipinski definition) is 1. The third-order valence-corrected chi connectivity index (χ3v) is 5.91. The van der Waals surface area contributed by atoms with E-state index in [1.165, 1.54) is 48.5 Å². The number of nitrogens with one attached hydrogen (secondary N) is 1. The first-order valence-electron chi connectivity index (χ1n) is 9.89. The summed E-state index contributed by atoms with van der Waals surface area (Å²) in [5, 5.41) is 35.8. The highest BCUT2D eigenvalue weighted by molar-refractivity contribution is 7.19. The van der Waals surface area contributed by atoms with Crippen LogP contribution in [0.5, 0.6) is 0 Å². The van der Waals surface area contributed by atoms with Gasteiger partial charge in [0.15, 0.2) is 5.13 Å². The van der Waals surface area contributed by atoms with Crippen molar-refractivity contribution in [1.82, 2.24) is 4.98 Å². The molecule has 0 saturated carbocycles. The number of anilines is 1. The monoisotopic (exact) mass is 509 g/mol. The predicted octanol–water partition coefficient (Wildman–Crippen LogP) is 5.59. The molecule has 0 aliphatic carbocycles. The molecule has 12 nitrogen and oxygen atoms in total. The topological polar surface area (TPSA) is 171 Å². The lowest BCUT2D eigenvalue weighted by Crippen LogP contribution is -2.12. The molecule has 0 atom stereocenters. The van der Waals surface area contributed by atoms with Crippen molar-refractivity contribution in [3.05, 3.63) is 108 Å². The molecule has 14 heteroatoms. The number of rotatable bonds is 7. The Bertz CT molecular complexity index is 1490. The smallest absolute Gasteiger partial charge is 0.277 e. The molecule has 0 aliphatic heterocycles. The molecule has 4 aromatic rings. The van der Waals surface area contributed by atoms with Crippen molar-refractivity contribution in [3.8, 4) is 21.7 Å². The summed E-state index contributed by atoms with van der Waals surface area (Å²) in [7, 11) is 0. The highest BCUT2D eigenvalue weighted by Gasteiger charge is 2.22. The molecular weight excluding hydrogens is 497 g/mol. The molecule has 0 spiro atoms. The van der Waals surface area contributed by atoms with Gasteiger partial charge in [0.05, 0.1) is 37.0 Å². The Hall–Kier alpha value is -5.11. The molecule has 4 rings (SSSR count). The maximum atomic E-state index is 13.5. The number of halogens is 1. The van der Waals surface area contributed by atoms with Crippen molar-refractivity contribution in [2.24, 2.45) is 0 Å². The van der Waals surface area contributed by atoms with Crippen LogP contribution in [-0.2, 0) is 0 Å². The predicted molar refractivity (Wildman–Crippen MR) is 127 cm³/mol. The van der Waals surface area contributed by atoms with Crippen molar-refractivity contribution >= 4 is 39.4 Å². The Balaban J connectivity index is 1.74.